The molecular weight excluding hydrogens is 266 g/mol. The van der Waals surface area contributed by atoms with E-state index in [4.69, 9.17) is 0 Å². The summed E-state index contributed by atoms with van der Waals surface area (Å²) >= 11 is 1.60. The van der Waals surface area contributed by atoms with E-state index in [1.165, 1.54) is 5.56 Å². The second kappa shape index (κ2) is 5.84. The Hall–Kier alpha value is -2.20. The molecule has 1 aromatic carbocycles. The van der Waals surface area contributed by atoms with Gasteiger partial charge in [0.2, 0.25) is 0 Å². The average Bonchev–Trinajstić information content (AvgIpc) is 2.97. The number of nitrogens with zero attached hydrogens (tertiary/aromatic N) is 2. The van der Waals surface area contributed by atoms with Crippen molar-refractivity contribution in [2.75, 3.05) is 5.32 Å². The Morgan fingerprint density at radius 3 is 2.70 bits per heavy atom. The quantitative estimate of drug-likeness (QED) is 0.764. The Morgan fingerprint density at radius 2 is 1.90 bits per heavy atom. The topological polar surface area (TPSA) is 37.8 Å². The number of para-hydroxylation sites is 1. The molecule has 100 valence electrons. The van der Waals surface area contributed by atoms with Crippen LogP contribution in [0.25, 0.3) is 11.4 Å². The van der Waals surface area contributed by atoms with Crippen molar-refractivity contribution in [3.8, 4) is 11.4 Å². The Labute approximate surface area is 122 Å². The van der Waals surface area contributed by atoms with E-state index in [9.17, 15) is 0 Å². The predicted octanol–water partition coefficient (Wildman–Crippen LogP) is 4.51. The summed E-state index contributed by atoms with van der Waals surface area (Å²) in [6.07, 6.45) is 2.79. The van der Waals surface area contributed by atoms with E-state index < -0.39 is 0 Å². The fourth-order valence-electron chi connectivity index (χ4n) is 2.03. The molecule has 0 radical (unpaired) electrons. The molecule has 0 saturated heterocycles. The van der Waals surface area contributed by atoms with E-state index in [1.54, 1.807) is 17.5 Å². The molecule has 3 nitrogen and oxygen atoms in total. The van der Waals surface area contributed by atoms with E-state index in [2.05, 4.69) is 40.4 Å². The first-order valence-corrected chi connectivity index (χ1v) is 7.46. The minimum atomic E-state index is 0.895. The molecule has 3 aromatic rings. The molecule has 20 heavy (non-hydrogen) atoms. The Morgan fingerprint density at radius 1 is 1.05 bits per heavy atom. The fraction of sp³-hybridized carbons (Fsp3) is 0.125. The Balaban J connectivity index is 1.84. The van der Waals surface area contributed by atoms with Crippen LogP contribution in [0.5, 0.6) is 0 Å². The van der Waals surface area contributed by atoms with Crippen LogP contribution in [0.15, 0.2) is 54.0 Å². The number of rotatable bonds is 4. The SMILES string of the molecule is CCc1ccccc1Nc1nc(-c2ccccn2)cs1. The largest absolute Gasteiger partial charge is 0.331 e. The average molecular weight is 281 g/mol. The van der Waals surface area contributed by atoms with Gasteiger partial charge in [-0.05, 0) is 30.2 Å². The second-order valence-electron chi connectivity index (χ2n) is 4.39. The third-order valence-electron chi connectivity index (χ3n) is 3.07. The van der Waals surface area contributed by atoms with Crippen molar-refractivity contribution in [1.82, 2.24) is 9.97 Å². The van der Waals surface area contributed by atoms with Crippen molar-refractivity contribution in [1.29, 1.82) is 0 Å². The lowest BCUT2D eigenvalue weighted by atomic mass is 10.1. The smallest absolute Gasteiger partial charge is 0.187 e. The highest BCUT2D eigenvalue weighted by Gasteiger charge is 2.06. The summed E-state index contributed by atoms with van der Waals surface area (Å²) in [5.41, 5.74) is 4.23. The maximum Gasteiger partial charge on any atom is 0.187 e. The number of pyridine rings is 1. The monoisotopic (exact) mass is 281 g/mol. The maximum absolute atomic E-state index is 4.60. The van der Waals surface area contributed by atoms with Crippen molar-refractivity contribution < 1.29 is 0 Å². The lowest BCUT2D eigenvalue weighted by molar-refractivity contribution is 1.14. The molecule has 0 unspecified atom stereocenters. The van der Waals surface area contributed by atoms with Crippen LogP contribution in [0.4, 0.5) is 10.8 Å². The first kappa shape index (κ1) is 12.8. The van der Waals surface area contributed by atoms with Crippen LogP contribution in [-0.4, -0.2) is 9.97 Å². The number of aromatic nitrogens is 2. The highest BCUT2D eigenvalue weighted by atomic mass is 32.1. The summed E-state index contributed by atoms with van der Waals surface area (Å²) in [6, 6.07) is 14.2. The number of thiazole rings is 1. The van der Waals surface area contributed by atoms with Gasteiger partial charge in [0, 0.05) is 17.3 Å². The van der Waals surface area contributed by atoms with Crippen LogP contribution in [0.3, 0.4) is 0 Å². The van der Waals surface area contributed by atoms with Gasteiger partial charge < -0.3 is 5.32 Å². The van der Waals surface area contributed by atoms with E-state index in [0.29, 0.717) is 0 Å². The normalized spacial score (nSPS) is 10.4. The van der Waals surface area contributed by atoms with Crippen molar-refractivity contribution in [2.45, 2.75) is 13.3 Å². The summed E-state index contributed by atoms with van der Waals surface area (Å²) < 4.78 is 0. The van der Waals surface area contributed by atoms with E-state index in [1.807, 2.05) is 29.6 Å². The molecule has 0 fully saturated rings. The molecule has 0 amide bonds. The summed E-state index contributed by atoms with van der Waals surface area (Å²) in [7, 11) is 0. The number of benzene rings is 1. The van der Waals surface area contributed by atoms with Gasteiger partial charge in [-0.1, -0.05) is 31.2 Å². The van der Waals surface area contributed by atoms with Crippen LogP contribution >= 0.6 is 11.3 Å². The van der Waals surface area contributed by atoms with Gasteiger partial charge in [-0.2, -0.15) is 0 Å². The third-order valence-corrected chi connectivity index (χ3v) is 3.83. The summed E-state index contributed by atoms with van der Waals surface area (Å²) in [5.74, 6) is 0. The summed E-state index contributed by atoms with van der Waals surface area (Å²) in [4.78, 5) is 8.92. The van der Waals surface area contributed by atoms with Crippen LogP contribution in [-0.2, 0) is 6.42 Å². The zero-order valence-electron chi connectivity index (χ0n) is 11.2. The predicted molar refractivity (Wildman–Crippen MR) is 84.4 cm³/mol. The van der Waals surface area contributed by atoms with Gasteiger partial charge in [-0.15, -0.1) is 11.3 Å². The van der Waals surface area contributed by atoms with Crippen LogP contribution in [0.1, 0.15) is 12.5 Å². The molecule has 0 spiro atoms. The van der Waals surface area contributed by atoms with Gasteiger partial charge in [-0.3, -0.25) is 4.98 Å². The second-order valence-corrected chi connectivity index (χ2v) is 5.25. The van der Waals surface area contributed by atoms with Crippen LogP contribution in [0, 0.1) is 0 Å². The van der Waals surface area contributed by atoms with E-state index >= 15 is 0 Å². The molecule has 1 N–H and O–H groups in total. The molecule has 0 atom stereocenters. The Bertz CT molecular complexity index is 692. The number of hydrogen-bond donors (Lipinski definition) is 1. The number of anilines is 2. The van der Waals surface area contributed by atoms with Crippen molar-refractivity contribution in [3.63, 3.8) is 0 Å². The first-order chi connectivity index (χ1) is 9.86. The van der Waals surface area contributed by atoms with Gasteiger partial charge in [-0.25, -0.2) is 4.98 Å². The standard InChI is InChI=1S/C16H15N3S/c1-2-12-7-3-4-8-13(12)18-16-19-15(11-20-16)14-9-5-6-10-17-14/h3-11H,2H2,1H3,(H,18,19). The molecule has 4 heteroatoms. The molecular formula is C16H15N3S. The van der Waals surface area contributed by atoms with Crippen LogP contribution in [0.2, 0.25) is 0 Å². The summed E-state index contributed by atoms with van der Waals surface area (Å²) in [5, 5.41) is 6.32. The maximum atomic E-state index is 4.60. The summed E-state index contributed by atoms with van der Waals surface area (Å²) in [6.45, 7) is 2.15. The van der Waals surface area contributed by atoms with Gasteiger partial charge in [0.25, 0.3) is 0 Å². The fourth-order valence-corrected chi connectivity index (χ4v) is 2.75. The highest BCUT2D eigenvalue weighted by Crippen LogP contribution is 2.27. The van der Waals surface area contributed by atoms with E-state index in [0.717, 1.165) is 28.6 Å². The first-order valence-electron chi connectivity index (χ1n) is 6.58. The minimum absolute atomic E-state index is 0.895. The van der Waals surface area contributed by atoms with Crippen LogP contribution < -0.4 is 5.32 Å². The van der Waals surface area contributed by atoms with Gasteiger partial charge >= 0.3 is 0 Å². The minimum Gasteiger partial charge on any atom is -0.331 e. The number of hydrogen-bond acceptors (Lipinski definition) is 4. The molecule has 0 aliphatic carbocycles. The van der Waals surface area contributed by atoms with Gasteiger partial charge in [0.15, 0.2) is 5.13 Å². The van der Waals surface area contributed by atoms with Crippen molar-refractivity contribution in [3.05, 3.63) is 59.6 Å². The molecule has 0 bridgehead atoms. The lowest BCUT2D eigenvalue weighted by Crippen LogP contribution is -1.94. The Kier molecular flexibility index (Phi) is 3.74. The molecule has 2 heterocycles. The molecule has 0 aliphatic rings. The molecule has 0 aliphatic heterocycles. The number of aryl methyl sites for hydroxylation is 1. The van der Waals surface area contributed by atoms with Crippen molar-refractivity contribution >= 4 is 22.2 Å². The zero-order valence-corrected chi connectivity index (χ0v) is 12.0. The highest BCUT2D eigenvalue weighted by molar-refractivity contribution is 7.14. The molecule has 2 aromatic heterocycles. The lowest BCUT2D eigenvalue weighted by Gasteiger charge is -2.07. The van der Waals surface area contributed by atoms with Gasteiger partial charge in [0.05, 0.1) is 5.69 Å². The van der Waals surface area contributed by atoms with Gasteiger partial charge in [0.1, 0.15) is 5.69 Å². The third kappa shape index (κ3) is 2.70. The van der Waals surface area contributed by atoms with Crippen molar-refractivity contribution in [2.24, 2.45) is 0 Å². The van der Waals surface area contributed by atoms with E-state index in [-0.39, 0.29) is 0 Å². The number of nitrogens with one attached hydrogen (secondary N) is 1. The molecule has 3 rings (SSSR count). The zero-order chi connectivity index (χ0) is 13.8. The molecule has 0 saturated carbocycles.